The van der Waals surface area contributed by atoms with Crippen molar-refractivity contribution < 1.29 is 13.9 Å². The van der Waals surface area contributed by atoms with Gasteiger partial charge in [0.1, 0.15) is 11.4 Å². The van der Waals surface area contributed by atoms with Crippen LogP contribution in [-0.4, -0.2) is 27.9 Å². The van der Waals surface area contributed by atoms with E-state index in [2.05, 4.69) is 10.3 Å². The van der Waals surface area contributed by atoms with Crippen LogP contribution in [0.15, 0.2) is 53.1 Å². The minimum absolute atomic E-state index is 0.292. The molecule has 0 aliphatic rings. The van der Waals surface area contributed by atoms with Crippen LogP contribution in [-0.2, 0) is 6.54 Å². The number of benzene rings is 1. The van der Waals surface area contributed by atoms with Gasteiger partial charge in [-0.25, -0.2) is 4.68 Å². The lowest BCUT2D eigenvalue weighted by molar-refractivity contribution is 0.111. The van der Waals surface area contributed by atoms with E-state index >= 15 is 0 Å². The summed E-state index contributed by atoms with van der Waals surface area (Å²) in [5, 5.41) is 7.92. The summed E-state index contributed by atoms with van der Waals surface area (Å²) >= 11 is 0. The Morgan fingerprint density at radius 1 is 1.13 bits per heavy atom. The zero-order valence-corrected chi connectivity index (χ0v) is 12.6. The summed E-state index contributed by atoms with van der Waals surface area (Å²) < 4.78 is 12.7. The highest BCUT2D eigenvalue weighted by atomic mass is 16.5. The SMILES string of the molecule is O=Cc1nnn(CCCCOc2ccccc2)c1-c1ccco1. The van der Waals surface area contributed by atoms with E-state index in [9.17, 15) is 4.79 Å². The molecule has 3 aromatic rings. The summed E-state index contributed by atoms with van der Waals surface area (Å²) in [7, 11) is 0. The molecule has 6 heteroatoms. The maximum Gasteiger partial charge on any atom is 0.172 e. The Labute approximate surface area is 133 Å². The third kappa shape index (κ3) is 3.66. The first-order valence-corrected chi connectivity index (χ1v) is 7.49. The molecule has 118 valence electrons. The van der Waals surface area contributed by atoms with Gasteiger partial charge < -0.3 is 9.15 Å². The van der Waals surface area contributed by atoms with Crippen LogP contribution >= 0.6 is 0 Å². The highest BCUT2D eigenvalue weighted by Gasteiger charge is 2.16. The highest BCUT2D eigenvalue weighted by molar-refractivity contribution is 5.81. The fraction of sp³-hybridized carbons (Fsp3) is 0.235. The van der Waals surface area contributed by atoms with Crippen molar-refractivity contribution in [2.75, 3.05) is 6.61 Å². The molecule has 2 heterocycles. The van der Waals surface area contributed by atoms with E-state index in [1.54, 1.807) is 23.1 Å². The predicted octanol–water partition coefficient (Wildman–Crippen LogP) is 3.21. The topological polar surface area (TPSA) is 70.2 Å². The Morgan fingerprint density at radius 2 is 2.00 bits per heavy atom. The third-order valence-electron chi connectivity index (χ3n) is 3.40. The zero-order valence-electron chi connectivity index (χ0n) is 12.6. The van der Waals surface area contributed by atoms with Gasteiger partial charge >= 0.3 is 0 Å². The largest absolute Gasteiger partial charge is 0.494 e. The summed E-state index contributed by atoms with van der Waals surface area (Å²) in [6, 6.07) is 13.3. The number of carbonyl (C=O) groups excluding carboxylic acids is 1. The van der Waals surface area contributed by atoms with Gasteiger partial charge in [0.05, 0.1) is 12.9 Å². The molecular formula is C17H17N3O3. The summed E-state index contributed by atoms with van der Waals surface area (Å²) in [4.78, 5) is 11.1. The smallest absolute Gasteiger partial charge is 0.172 e. The molecular weight excluding hydrogens is 294 g/mol. The van der Waals surface area contributed by atoms with Crippen LogP contribution in [0.4, 0.5) is 0 Å². The third-order valence-corrected chi connectivity index (χ3v) is 3.40. The van der Waals surface area contributed by atoms with Gasteiger partial charge in [-0.1, -0.05) is 23.4 Å². The molecule has 0 atom stereocenters. The second-order valence-corrected chi connectivity index (χ2v) is 5.01. The number of rotatable bonds is 8. The van der Waals surface area contributed by atoms with E-state index in [1.165, 1.54) is 0 Å². The molecule has 6 nitrogen and oxygen atoms in total. The van der Waals surface area contributed by atoms with Crippen molar-refractivity contribution in [3.8, 4) is 17.2 Å². The van der Waals surface area contributed by atoms with Crippen LogP contribution < -0.4 is 4.74 Å². The molecule has 0 saturated heterocycles. The lowest BCUT2D eigenvalue weighted by Crippen LogP contribution is -2.05. The number of aryl methyl sites for hydroxylation is 1. The molecule has 0 aliphatic heterocycles. The van der Waals surface area contributed by atoms with E-state index in [0.717, 1.165) is 18.6 Å². The number of para-hydroxylation sites is 1. The van der Waals surface area contributed by atoms with Crippen LogP contribution in [0.5, 0.6) is 5.75 Å². The normalized spacial score (nSPS) is 10.6. The fourth-order valence-corrected chi connectivity index (χ4v) is 2.30. The molecule has 0 radical (unpaired) electrons. The van der Waals surface area contributed by atoms with Gasteiger partial charge in [0.15, 0.2) is 17.7 Å². The van der Waals surface area contributed by atoms with E-state index in [0.29, 0.717) is 36.6 Å². The number of aldehydes is 1. The number of aromatic nitrogens is 3. The van der Waals surface area contributed by atoms with Crippen LogP contribution in [0.3, 0.4) is 0 Å². The standard InChI is InChI=1S/C17H17N3O3/c21-13-15-17(16-9-6-12-23-16)20(19-18-15)10-4-5-11-22-14-7-2-1-3-8-14/h1-3,6-9,12-13H,4-5,10-11H2. The summed E-state index contributed by atoms with van der Waals surface area (Å²) in [5.74, 6) is 1.46. The number of nitrogens with zero attached hydrogens (tertiary/aromatic N) is 3. The molecule has 0 fully saturated rings. The first-order chi connectivity index (χ1) is 11.4. The van der Waals surface area contributed by atoms with E-state index in [1.807, 2.05) is 30.3 Å². The Morgan fingerprint density at radius 3 is 2.74 bits per heavy atom. The first-order valence-electron chi connectivity index (χ1n) is 7.49. The molecule has 1 aromatic carbocycles. The van der Waals surface area contributed by atoms with Gasteiger partial charge in [0, 0.05) is 6.54 Å². The molecule has 0 bridgehead atoms. The molecule has 2 aromatic heterocycles. The van der Waals surface area contributed by atoms with Gasteiger partial charge in [0.25, 0.3) is 0 Å². The summed E-state index contributed by atoms with van der Waals surface area (Å²) in [6.07, 6.45) is 4.00. The maximum atomic E-state index is 11.1. The Bertz CT molecular complexity index is 736. The second-order valence-electron chi connectivity index (χ2n) is 5.01. The summed E-state index contributed by atoms with van der Waals surface area (Å²) in [5.41, 5.74) is 0.912. The number of hydrogen-bond acceptors (Lipinski definition) is 5. The molecule has 0 saturated carbocycles. The molecule has 0 unspecified atom stereocenters. The van der Waals surface area contributed by atoms with Gasteiger partial charge in [0.2, 0.25) is 0 Å². The first kappa shape index (κ1) is 15.0. The minimum Gasteiger partial charge on any atom is -0.494 e. The number of carbonyl (C=O) groups is 1. The van der Waals surface area contributed by atoms with E-state index < -0.39 is 0 Å². The molecule has 3 rings (SSSR count). The number of furan rings is 1. The van der Waals surface area contributed by atoms with Gasteiger partial charge in [-0.05, 0) is 37.1 Å². The van der Waals surface area contributed by atoms with Crippen molar-refractivity contribution in [1.29, 1.82) is 0 Å². The predicted molar refractivity (Wildman–Crippen MR) is 84.3 cm³/mol. The van der Waals surface area contributed by atoms with Crippen molar-refractivity contribution in [3.05, 3.63) is 54.4 Å². The monoisotopic (exact) mass is 311 g/mol. The molecule has 0 amide bonds. The number of unbranched alkanes of at least 4 members (excludes halogenated alkanes) is 1. The van der Waals surface area contributed by atoms with E-state index in [4.69, 9.17) is 9.15 Å². The lowest BCUT2D eigenvalue weighted by atomic mass is 10.2. The van der Waals surface area contributed by atoms with Crippen molar-refractivity contribution in [1.82, 2.24) is 15.0 Å². The van der Waals surface area contributed by atoms with Gasteiger partial charge in [-0.3, -0.25) is 4.79 Å². The second kappa shape index (κ2) is 7.40. The summed E-state index contributed by atoms with van der Waals surface area (Å²) in [6.45, 7) is 1.28. The van der Waals surface area contributed by atoms with Gasteiger partial charge in [-0.15, -0.1) is 5.10 Å². The van der Waals surface area contributed by atoms with Crippen LogP contribution in [0.1, 0.15) is 23.3 Å². The Hall–Kier alpha value is -2.89. The number of hydrogen-bond donors (Lipinski definition) is 0. The molecule has 0 N–H and O–H groups in total. The van der Waals surface area contributed by atoms with Crippen LogP contribution in [0.2, 0.25) is 0 Å². The zero-order chi connectivity index (χ0) is 15.9. The molecule has 0 aliphatic carbocycles. The van der Waals surface area contributed by atoms with Crippen LogP contribution in [0, 0.1) is 0 Å². The van der Waals surface area contributed by atoms with E-state index in [-0.39, 0.29) is 0 Å². The average molecular weight is 311 g/mol. The molecule has 0 spiro atoms. The fourth-order valence-electron chi connectivity index (χ4n) is 2.30. The van der Waals surface area contributed by atoms with Crippen molar-refractivity contribution in [3.63, 3.8) is 0 Å². The number of ether oxygens (including phenoxy) is 1. The Balaban J connectivity index is 1.55. The quantitative estimate of drug-likeness (QED) is 0.472. The average Bonchev–Trinajstić information content (AvgIpc) is 3.24. The van der Waals surface area contributed by atoms with Crippen molar-refractivity contribution in [2.45, 2.75) is 19.4 Å². The Kier molecular flexibility index (Phi) is 4.83. The molecule has 23 heavy (non-hydrogen) atoms. The van der Waals surface area contributed by atoms with Crippen molar-refractivity contribution >= 4 is 6.29 Å². The highest BCUT2D eigenvalue weighted by Crippen LogP contribution is 2.22. The van der Waals surface area contributed by atoms with Gasteiger partial charge in [-0.2, -0.15) is 0 Å². The lowest BCUT2D eigenvalue weighted by Gasteiger charge is -2.07. The maximum absolute atomic E-state index is 11.1. The van der Waals surface area contributed by atoms with Crippen molar-refractivity contribution in [2.24, 2.45) is 0 Å². The minimum atomic E-state index is 0.292. The van der Waals surface area contributed by atoms with Crippen LogP contribution in [0.25, 0.3) is 11.5 Å².